The molecule has 0 bridgehead atoms. The van der Waals surface area contributed by atoms with Crippen molar-refractivity contribution in [3.63, 3.8) is 0 Å². The van der Waals surface area contributed by atoms with Crippen molar-refractivity contribution in [2.75, 3.05) is 20.1 Å². The van der Waals surface area contributed by atoms with Gasteiger partial charge in [-0.1, -0.05) is 5.92 Å². The van der Waals surface area contributed by atoms with Crippen LogP contribution in [0, 0.1) is 12.3 Å². The molecule has 1 saturated heterocycles. The van der Waals surface area contributed by atoms with Crippen LogP contribution in [0.25, 0.3) is 0 Å². The van der Waals surface area contributed by atoms with Gasteiger partial charge in [-0.05, 0) is 27.3 Å². The van der Waals surface area contributed by atoms with Gasteiger partial charge in [-0.2, -0.15) is 0 Å². The molecule has 68 valence electrons. The van der Waals surface area contributed by atoms with Crippen molar-refractivity contribution in [1.29, 1.82) is 0 Å². The molecule has 0 aliphatic carbocycles. The van der Waals surface area contributed by atoms with Crippen LogP contribution < -0.4 is 5.32 Å². The van der Waals surface area contributed by atoms with Crippen molar-refractivity contribution in [1.82, 2.24) is 10.2 Å². The minimum absolute atomic E-state index is 0.0778. The number of terminal acetylenes is 1. The maximum absolute atomic E-state index is 5.46. The molecule has 2 heteroatoms. The Morgan fingerprint density at radius 1 is 1.58 bits per heavy atom. The Hall–Kier alpha value is -0.520. The Morgan fingerprint density at radius 2 is 2.25 bits per heavy atom. The van der Waals surface area contributed by atoms with Crippen LogP contribution in [0.3, 0.4) is 0 Å². The number of likely N-dealkylation sites (tertiary alicyclic amines) is 1. The second kappa shape index (κ2) is 3.47. The summed E-state index contributed by atoms with van der Waals surface area (Å²) in [6.07, 6.45) is 6.67. The molecule has 0 spiro atoms. The number of likely N-dealkylation sites (N-methyl/N-ethyl adjacent to an activating group) is 1. The van der Waals surface area contributed by atoms with Crippen LogP contribution in [0.15, 0.2) is 0 Å². The molecule has 0 radical (unpaired) electrons. The zero-order valence-corrected chi connectivity index (χ0v) is 8.22. The molecule has 1 rings (SSSR count). The first-order valence-corrected chi connectivity index (χ1v) is 4.50. The predicted octanol–water partition coefficient (Wildman–Crippen LogP) is 0.692. The molecule has 0 aromatic rings. The quantitative estimate of drug-likeness (QED) is 0.607. The number of nitrogens with zero attached hydrogens (tertiary/aromatic N) is 1. The summed E-state index contributed by atoms with van der Waals surface area (Å²) in [5.41, 5.74) is -0.0778. The third-order valence-electron chi connectivity index (χ3n) is 2.74. The molecular formula is C10H18N2. The Kier molecular flexibility index (Phi) is 2.76. The van der Waals surface area contributed by atoms with Gasteiger partial charge in [0.2, 0.25) is 0 Å². The summed E-state index contributed by atoms with van der Waals surface area (Å²) in [6, 6.07) is 0.623. The maximum Gasteiger partial charge on any atom is 0.0766 e. The van der Waals surface area contributed by atoms with E-state index < -0.39 is 0 Å². The van der Waals surface area contributed by atoms with E-state index in [4.69, 9.17) is 6.42 Å². The van der Waals surface area contributed by atoms with Gasteiger partial charge in [-0.25, -0.2) is 0 Å². The molecule has 0 aromatic carbocycles. The van der Waals surface area contributed by atoms with E-state index in [-0.39, 0.29) is 5.54 Å². The van der Waals surface area contributed by atoms with Crippen LogP contribution in [0.1, 0.15) is 20.3 Å². The lowest BCUT2D eigenvalue weighted by Crippen LogP contribution is -2.42. The zero-order chi connectivity index (χ0) is 9.19. The molecule has 1 fully saturated rings. The third kappa shape index (κ3) is 1.80. The van der Waals surface area contributed by atoms with Gasteiger partial charge in [-0.15, -0.1) is 6.42 Å². The summed E-state index contributed by atoms with van der Waals surface area (Å²) in [6.45, 7) is 6.40. The molecule has 0 aromatic heterocycles. The van der Waals surface area contributed by atoms with E-state index in [0.29, 0.717) is 6.04 Å². The highest BCUT2D eigenvalue weighted by atomic mass is 15.2. The minimum Gasteiger partial charge on any atom is -0.316 e. The monoisotopic (exact) mass is 166 g/mol. The van der Waals surface area contributed by atoms with Crippen molar-refractivity contribution in [3.8, 4) is 12.3 Å². The average molecular weight is 166 g/mol. The molecule has 1 unspecified atom stereocenters. The first-order valence-electron chi connectivity index (χ1n) is 4.50. The lowest BCUT2D eigenvalue weighted by molar-refractivity contribution is 0.209. The molecule has 0 amide bonds. The minimum atomic E-state index is -0.0778. The van der Waals surface area contributed by atoms with E-state index in [1.165, 1.54) is 6.42 Å². The smallest absolute Gasteiger partial charge is 0.0766 e. The molecule has 1 aliphatic heterocycles. The van der Waals surface area contributed by atoms with Crippen LogP contribution in [0.4, 0.5) is 0 Å². The van der Waals surface area contributed by atoms with Crippen molar-refractivity contribution in [3.05, 3.63) is 0 Å². The highest BCUT2D eigenvalue weighted by Gasteiger charge is 2.31. The molecular weight excluding hydrogens is 148 g/mol. The summed E-state index contributed by atoms with van der Waals surface area (Å²) in [7, 11) is 2.01. The second-order valence-electron chi connectivity index (χ2n) is 3.92. The van der Waals surface area contributed by atoms with Gasteiger partial charge in [0, 0.05) is 19.1 Å². The van der Waals surface area contributed by atoms with Crippen LogP contribution in [0.5, 0.6) is 0 Å². The Labute approximate surface area is 75.3 Å². The van der Waals surface area contributed by atoms with Gasteiger partial charge < -0.3 is 5.32 Å². The molecule has 2 nitrogen and oxygen atoms in total. The summed E-state index contributed by atoms with van der Waals surface area (Å²) in [5.74, 6) is 2.83. The Morgan fingerprint density at radius 3 is 2.67 bits per heavy atom. The summed E-state index contributed by atoms with van der Waals surface area (Å²) < 4.78 is 0. The Bertz CT molecular complexity index is 191. The van der Waals surface area contributed by atoms with Crippen LogP contribution in [-0.2, 0) is 0 Å². The summed E-state index contributed by atoms with van der Waals surface area (Å²) in [5, 5.41) is 3.28. The number of rotatable bonds is 2. The van der Waals surface area contributed by atoms with Gasteiger partial charge in [0.1, 0.15) is 0 Å². The molecule has 1 heterocycles. The normalized spacial score (nSPS) is 25.7. The molecule has 0 saturated carbocycles. The van der Waals surface area contributed by atoms with Gasteiger partial charge in [0.15, 0.2) is 0 Å². The maximum atomic E-state index is 5.46. The number of hydrogen-bond acceptors (Lipinski definition) is 2. The first-order chi connectivity index (χ1) is 5.60. The van der Waals surface area contributed by atoms with E-state index in [9.17, 15) is 0 Å². The van der Waals surface area contributed by atoms with E-state index in [1.807, 2.05) is 7.05 Å². The fourth-order valence-corrected chi connectivity index (χ4v) is 1.59. The lowest BCUT2D eigenvalue weighted by Gasteiger charge is -2.30. The highest BCUT2D eigenvalue weighted by molar-refractivity contribution is 5.10. The van der Waals surface area contributed by atoms with E-state index in [0.717, 1.165) is 13.1 Å². The van der Waals surface area contributed by atoms with Crippen molar-refractivity contribution >= 4 is 0 Å². The Balaban J connectivity index is 2.53. The number of nitrogens with one attached hydrogen (secondary N) is 1. The largest absolute Gasteiger partial charge is 0.316 e. The van der Waals surface area contributed by atoms with Crippen molar-refractivity contribution < 1.29 is 0 Å². The summed E-state index contributed by atoms with van der Waals surface area (Å²) in [4.78, 5) is 2.36. The fraction of sp³-hybridized carbons (Fsp3) is 0.800. The zero-order valence-electron chi connectivity index (χ0n) is 8.22. The molecule has 1 atom stereocenters. The van der Waals surface area contributed by atoms with Crippen molar-refractivity contribution in [2.24, 2.45) is 0 Å². The van der Waals surface area contributed by atoms with Gasteiger partial charge >= 0.3 is 0 Å². The van der Waals surface area contributed by atoms with Crippen LogP contribution in [-0.4, -0.2) is 36.6 Å². The predicted molar refractivity (Wildman–Crippen MR) is 51.9 cm³/mol. The van der Waals surface area contributed by atoms with E-state index >= 15 is 0 Å². The van der Waals surface area contributed by atoms with Crippen LogP contribution >= 0.6 is 0 Å². The van der Waals surface area contributed by atoms with Gasteiger partial charge in [-0.3, -0.25) is 4.90 Å². The molecule has 1 aliphatic rings. The van der Waals surface area contributed by atoms with E-state index in [1.54, 1.807) is 0 Å². The van der Waals surface area contributed by atoms with Gasteiger partial charge in [0.05, 0.1) is 5.54 Å². The first kappa shape index (κ1) is 9.57. The van der Waals surface area contributed by atoms with Crippen molar-refractivity contribution in [2.45, 2.75) is 31.8 Å². The molecule has 12 heavy (non-hydrogen) atoms. The second-order valence-corrected chi connectivity index (χ2v) is 3.92. The topological polar surface area (TPSA) is 15.3 Å². The third-order valence-corrected chi connectivity index (χ3v) is 2.74. The standard InChI is InChI=1S/C10H18N2/c1-5-10(2,3)12-7-6-9(8-12)11-4/h1,9,11H,6-8H2,2-4H3. The lowest BCUT2D eigenvalue weighted by atomic mass is 10.1. The fourth-order valence-electron chi connectivity index (χ4n) is 1.59. The van der Waals surface area contributed by atoms with Crippen LogP contribution in [0.2, 0.25) is 0 Å². The van der Waals surface area contributed by atoms with Gasteiger partial charge in [0.25, 0.3) is 0 Å². The summed E-state index contributed by atoms with van der Waals surface area (Å²) >= 11 is 0. The van der Waals surface area contributed by atoms with E-state index in [2.05, 4.69) is 30.0 Å². The SMILES string of the molecule is C#CC(C)(C)N1CCC(NC)C1. The molecule has 1 N–H and O–H groups in total. The highest BCUT2D eigenvalue weighted by Crippen LogP contribution is 2.19. The average Bonchev–Trinajstić information content (AvgIpc) is 2.52. The number of hydrogen-bond donors (Lipinski definition) is 1.